The summed E-state index contributed by atoms with van der Waals surface area (Å²) in [6.45, 7) is 5.57. The zero-order valence-corrected chi connectivity index (χ0v) is 75.1. The number of unbranched alkanes of at least 4 members (excludes halogenated alkanes) is 47. The van der Waals surface area contributed by atoms with E-state index >= 15 is 0 Å². The predicted octanol–water partition coefficient (Wildman–Crippen LogP) is 17.9. The molecule has 3 fully saturated rings. The van der Waals surface area contributed by atoms with Crippen molar-refractivity contribution in [2.75, 3.05) is 26.4 Å². The quantitative estimate of drug-likeness (QED) is 0.00889. The Bertz CT molecular complexity index is 2610. The van der Waals surface area contributed by atoms with E-state index in [1.54, 1.807) is 0 Å². The summed E-state index contributed by atoms with van der Waals surface area (Å²) in [5, 5.41) is 102. The minimum absolute atomic E-state index is 0.00803. The van der Waals surface area contributed by atoms with Gasteiger partial charge in [-0.1, -0.05) is 308 Å². The van der Waals surface area contributed by atoms with Crippen molar-refractivity contribution >= 4 is 31.7 Å². The zero-order chi connectivity index (χ0) is 86.8. The summed E-state index contributed by atoms with van der Waals surface area (Å²) < 4.78 is 73.5. The summed E-state index contributed by atoms with van der Waals surface area (Å²) in [7, 11) is -5.81. The molecule has 696 valence electrons. The van der Waals surface area contributed by atoms with Crippen molar-refractivity contribution in [3.63, 3.8) is 0 Å². The minimum Gasteiger partial charge on any atom is -0.463 e. The van der Waals surface area contributed by atoms with Gasteiger partial charge in [-0.25, -0.2) is 4.57 Å². The van der Waals surface area contributed by atoms with Crippen LogP contribution in [0.2, 0.25) is 0 Å². The molecule has 0 aromatic carbocycles. The second-order valence-electron chi connectivity index (χ2n) is 33.9. The molecule has 3 aliphatic rings. The van der Waals surface area contributed by atoms with Crippen molar-refractivity contribution in [3.05, 3.63) is 36.5 Å². The maximum Gasteiger partial charge on any atom is 0.472 e. The highest BCUT2D eigenvalue weighted by Crippen LogP contribution is 2.49. The summed E-state index contributed by atoms with van der Waals surface area (Å²) in [6.07, 6.45) is 34.0. The molecule has 0 bridgehead atoms. The number of carbonyl (C=O) groups excluding carboxylic acids is 4. The molecular formula is C93H169O25P. The smallest absolute Gasteiger partial charge is 0.463 e. The number of rotatable bonds is 77. The third kappa shape index (κ3) is 51.8. The molecule has 26 heteroatoms. The normalized spacial score (nSPS) is 25.0. The van der Waals surface area contributed by atoms with E-state index in [9.17, 15) is 74.6 Å². The average molecular weight is 1720 g/mol. The SMILES string of the molecule is CCCCCC/C=C\CCCCCCCCCC(=O)OCC(COP(=O)(O)OC1C(OC2OC(CO)C(O)C(O)C2O)C(O)C(O)C(OC(=O)CCCCCCCCC/C=C\CCCCCC)C1OC1OC(COC(=O)CCCCCCCCC/C=C\CCCCCC)C(O)C(O)C1O)OC(=O)CCCCCCCCCCCCCCCCC. The molecule has 1 saturated carbocycles. The van der Waals surface area contributed by atoms with Crippen LogP contribution in [-0.4, -0.2) is 205 Å². The van der Waals surface area contributed by atoms with Crippen LogP contribution in [0.15, 0.2) is 36.5 Å². The molecule has 2 saturated heterocycles. The molecule has 2 aliphatic heterocycles. The molecule has 119 heavy (non-hydrogen) atoms. The van der Waals surface area contributed by atoms with Crippen molar-refractivity contribution in [3.8, 4) is 0 Å². The second kappa shape index (κ2) is 71.8. The third-order valence-electron chi connectivity index (χ3n) is 23.1. The van der Waals surface area contributed by atoms with Gasteiger partial charge in [-0.05, 0) is 103 Å². The van der Waals surface area contributed by atoms with Crippen molar-refractivity contribution in [2.24, 2.45) is 0 Å². The van der Waals surface area contributed by atoms with Crippen molar-refractivity contribution in [1.82, 2.24) is 0 Å². The Balaban J connectivity index is 1.91. The van der Waals surface area contributed by atoms with Gasteiger partial charge in [0.15, 0.2) is 24.8 Å². The van der Waals surface area contributed by atoms with Gasteiger partial charge in [-0.3, -0.25) is 28.2 Å². The molecule has 18 unspecified atom stereocenters. The summed E-state index contributed by atoms with van der Waals surface area (Å²) in [4.78, 5) is 66.5. The predicted molar refractivity (Wildman–Crippen MR) is 462 cm³/mol. The first-order chi connectivity index (χ1) is 57.7. The maximum atomic E-state index is 14.9. The Morgan fingerprint density at radius 1 is 0.328 bits per heavy atom. The maximum absolute atomic E-state index is 14.9. The van der Waals surface area contributed by atoms with E-state index in [2.05, 4.69) is 64.2 Å². The lowest BCUT2D eigenvalue weighted by Gasteiger charge is -2.50. The van der Waals surface area contributed by atoms with Crippen LogP contribution in [0.3, 0.4) is 0 Å². The summed E-state index contributed by atoms with van der Waals surface area (Å²) >= 11 is 0. The van der Waals surface area contributed by atoms with Gasteiger partial charge >= 0.3 is 31.7 Å². The molecule has 0 amide bonds. The lowest BCUT2D eigenvalue weighted by atomic mass is 9.84. The van der Waals surface area contributed by atoms with Crippen LogP contribution in [0.5, 0.6) is 0 Å². The number of hydrogen-bond acceptors (Lipinski definition) is 24. The van der Waals surface area contributed by atoms with Gasteiger partial charge in [-0.15, -0.1) is 0 Å². The fraction of sp³-hybridized carbons (Fsp3) is 0.892. The zero-order valence-electron chi connectivity index (χ0n) is 74.2. The van der Waals surface area contributed by atoms with Crippen LogP contribution >= 0.6 is 7.82 Å². The van der Waals surface area contributed by atoms with E-state index in [0.29, 0.717) is 32.1 Å². The van der Waals surface area contributed by atoms with Crippen molar-refractivity contribution in [1.29, 1.82) is 0 Å². The molecular weight excluding hydrogens is 1550 g/mol. The molecule has 18 atom stereocenters. The van der Waals surface area contributed by atoms with Crippen molar-refractivity contribution in [2.45, 2.75) is 504 Å². The first-order valence-electron chi connectivity index (χ1n) is 47.7. The van der Waals surface area contributed by atoms with E-state index in [-0.39, 0.29) is 25.7 Å². The molecule has 0 radical (unpaired) electrons. The molecule has 0 spiro atoms. The lowest BCUT2D eigenvalue weighted by Crippen LogP contribution is -2.70. The molecule has 2 heterocycles. The Morgan fingerprint density at radius 2 is 0.630 bits per heavy atom. The second-order valence-corrected chi connectivity index (χ2v) is 35.3. The monoisotopic (exact) mass is 1720 g/mol. The molecule has 25 nitrogen and oxygen atoms in total. The van der Waals surface area contributed by atoms with Gasteiger partial charge < -0.3 is 88.7 Å². The van der Waals surface area contributed by atoms with Crippen molar-refractivity contribution < 1.29 is 122 Å². The van der Waals surface area contributed by atoms with Crippen LogP contribution in [0.25, 0.3) is 0 Å². The van der Waals surface area contributed by atoms with Gasteiger partial charge in [0, 0.05) is 25.7 Å². The number of hydrogen-bond donors (Lipinski definition) is 10. The molecule has 3 rings (SSSR count). The van der Waals surface area contributed by atoms with Gasteiger partial charge in [0.1, 0.15) is 92.6 Å². The molecule has 10 N–H and O–H groups in total. The number of allylic oxidation sites excluding steroid dienone is 6. The number of phosphoric acid groups is 1. The van der Waals surface area contributed by atoms with Crippen LogP contribution in [0, 0.1) is 0 Å². The number of ether oxygens (including phenoxy) is 8. The van der Waals surface area contributed by atoms with Gasteiger partial charge in [-0.2, -0.15) is 0 Å². The van der Waals surface area contributed by atoms with E-state index in [1.807, 2.05) is 0 Å². The first kappa shape index (κ1) is 110. The van der Waals surface area contributed by atoms with Gasteiger partial charge in [0.05, 0.1) is 13.2 Å². The molecule has 0 aromatic rings. The van der Waals surface area contributed by atoms with Crippen LogP contribution in [0.4, 0.5) is 0 Å². The highest BCUT2D eigenvalue weighted by molar-refractivity contribution is 7.47. The first-order valence-corrected chi connectivity index (χ1v) is 49.2. The highest BCUT2D eigenvalue weighted by atomic mass is 31.2. The minimum atomic E-state index is -5.81. The van der Waals surface area contributed by atoms with Gasteiger partial charge in [0.25, 0.3) is 0 Å². The Morgan fingerprint density at radius 3 is 1.01 bits per heavy atom. The van der Waals surface area contributed by atoms with E-state index in [1.165, 1.54) is 135 Å². The largest absolute Gasteiger partial charge is 0.472 e. The summed E-state index contributed by atoms with van der Waals surface area (Å²) in [5.74, 6) is -2.98. The van der Waals surface area contributed by atoms with E-state index in [0.717, 1.165) is 180 Å². The number of carbonyl (C=O) groups is 4. The molecule has 0 aromatic heterocycles. The molecule has 1 aliphatic carbocycles. The van der Waals surface area contributed by atoms with Crippen LogP contribution in [-0.2, 0) is 70.7 Å². The van der Waals surface area contributed by atoms with E-state index in [4.69, 9.17) is 46.9 Å². The van der Waals surface area contributed by atoms with Crippen LogP contribution < -0.4 is 0 Å². The standard InChI is InChI=1S/C93H169O25P/c1-5-9-13-17-21-25-29-33-37-41-45-49-53-57-61-65-76(95)109-70-73(112-78(97)67-63-59-55-51-47-43-39-35-31-27-23-19-15-11-7-3)71-111-119(107,108)118-91-89(116-92-86(105)82(101)80(99)74(69-94)113-92)85(104)84(103)88(115-79(98)68-64-60-56-52-48-44-40-36-32-28-24-20-16-12-8-4)90(91)117-93-87(106)83(102)81(100)75(114-93)72-110-77(96)66-62-58-54-50-46-42-38-34-30-26-22-18-14-10-6-2/h25-26,28-30,32,73-75,80-94,99-106H,5-24,27,31,33-72H2,1-4H3,(H,107,108)/b29-25-,30-26-,32-28-. The summed E-state index contributed by atoms with van der Waals surface area (Å²) in [6, 6.07) is 0. The number of aliphatic hydroxyl groups is 9. The Labute approximate surface area is 717 Å². The fourth-order valence-corrected chi connectivity index (χ4v) is 16.4. The Kier molecular flexibility index (Phi) is 66.3. The number of phosphoric ester groups is 1. The fourth-order valence-electron chi connectivity index (χ4n) is 15.5. The average Bonchev–Trinajstić information content (AvgIpc) is 0.754. The van der Waals surface area contributed by atoms with E-state index < -0.39 is 162 Å². The summed E-state index contributed by atoms with van der Waals surface area (Å²) in [5.41, 5.74) is 0. The topological polar surface area (TPSA) is 380 Å². The third-order valence-corrected chi connectivity index (χ3v) is 24.1. The highest BCUT2D eigenvalue weighted by Gasteiger charge is 2.60. The van der Waals surface area contributed by atoms with Gasteiger partial charge in [0.2, 0.25) is 0 Å². The number of esters is 4. The van der Waals surface area contributed by atoms with Crippen LogP contribution in [0.1, 0.15) is 400 Å². The number of aliphatic hydroxyl groups excluding tert-OH is 9. The lowest BCUT2D eigenvalue weighted by molar-refractivity contribution is -0.360. The Hall–Kier alpha value is -3.31.